The Kier molecular flexibility index (Phi) is 5.65. The topological polar surface area (TPSA) is 102 Å². The van der Waals surface area contributed by atoms with Gasteiger partial charge in [-0.2, -0.15) is 0 Å². The maximum absolute atomic E-state index is 11.9. The summed E-state index contributed by atoms with van der Waals surface area (Å²) in [5, 5.41) is 19.7. The van der Waals surface area contributed by atoms with Crippen molar-refractivity contribution in [2.75, 3.05) is 13.4 Å². The maximum Gasteiger partial charge on any atom is 0.510 e. The molecule has 0 aliphatic carbocycles. The fraction of sp³-hybridized carbons (Fsp3) is 0.250. The molecule has 0 saturated heterocycles. The standard InChI is InChI=1S/C20H18N2O6/c1-3-25-20(24)18(22-21)19(23)14-8-12(2)4-6-15(14)26-10-13-5-7-16-17(9-13)28-11-27-16/h4-9H,3,10-11H2,1-2H3/p+1. The van der Waals surface area contributed by atoms with Crippen molar-refractivity contribution in [3.63, 3.8) is 0 Å². The number of carbonyl (C=O) groups is 1. The summed E-state index contributed by atoms with van der Waals surface area (Å²) in [7, 11) is 0. The average molecular weight is 383 g/mol. The number of ether oxygens (including phenoxy) is 4. The second kappa shape index (κ2) is 8.31. The van der Waals surface area contributed by atoms with Crippen LogP contribution in [-0.4, -0.2) is 24.5 Å². The van der Waals surface area contributed by atoms with Crippen LogP contribution in [0.25, 0.3) is 10.7 Å². The van der Waals surface area contributed by atoms with Gasteiger partial charge >= 0.3 is 11.7 Å². The van der Waals surface area contributed by atoms with Gasteiger partial charge in [-0.15, -0.1) is 0 Å². The first kappa shape index (κ1) is 19.0. The van der Waals surface area contributed by atoms with E-state index >= 15 is 0 Å². The summed E-state index contributed by atoms with van der Waals surface area (Å²) in [5.74, 6) is 0.142. The molecule has 1 heterocycles. The lowest BCUT2D eigenvalue weighted by molar-refractivity contribution is -0.138. The lowest BCUT2D eigenvalue weighted by Gasteiger charge is -2.11. The van der Waals surface area contributed by atoms with Gasteiger partial charge in [0.15, 0.2) is 16.5 Å². The van der Waals surface area contributed by atoms with E-state index < -0.39 is 17.4 Å². The molecule has 0 amide bonds. The van der Waals surface area contributed by atoms with E-state index in [2.05, 4.69) is 4.98 Å². The van der Waals surface area contributed by atoms with Gasteiger partial charge in [-0.05, 0) is 43.7 Å². The molecule has 0 spiro atoms. The molecule has 144 valence electrons. The lowest BCUT2D eigenvalue weighted by Crippen LogP contribution is -2.08. The smallest absolute Gasteiger partial charge is 0.501 e. The molecule has 1 aliphatic rings. The Hall–Kier alpha value is -3.73. The van der Waals surface area contributed by atoms with Gasteiger partial charge < -0.3 is 24.1 Å². The summed E-state index contributed by atoms with van der Waals surface area (Å²) < 4.78 is 21.3. The fourth-order valence-electron chi connectivity index (χ4n) is 2.66. The first-order chi connectivity index (χ1) is 13.5. The molecule has 0 saturated carbocycles. The Morgan fingerprint density at radius 2 is 2.00 bits per heavy atom. The number of aliphatic hydroxyl groups is 1. The van der Waals surface area contributed by atoms with Crippen LogP contribution >= 0.6 is 0 Å². The van der Waals surface area contributed by atoms with E-state index in [0.29, 0.717) is 17.2 Å². The summed E-state index contributed by atoms with van der Waals surface area (Å²) in [6, 6.07) is 10.5. The summed E-state index contributed by atoms with van der Waals surface area (Å²) in [6.07, 6.45) is 0. The monoisotopic (exact) mass is 383 g/mol. The zero-order valence-corrected chi connectivity index (χ0v) is 15.5. The van der Waals surface area contributed by atoms with Gasteiger partial charge in [0.25, 0.3) is 0 Å². The summed E-state index contributed by atoms with van der Waals surface area (Å²) in [5.41, 5.74) is 1.26. The first-order valence-corrected chi connectivity index (χ1v) is 8.61. The number of rotatable bonds is 6. The molecule has 1 aliphatic heterocycles. The Morgan fingerprint density at radius 3 is 2.75 bits per heavy atom. The number of hydrogen-bond acceptors (Lipinski definition) is 7. The van der Waals surface area contributed by atoms with Crippen LogP contribution in [0.15, 0.2) is 42.1 Å². The van der Waals surface area contributed by atoms with E-state index in [1.807, 2.05) is 13.0 Å². The quantitative estimate of drug-likeness (QED) is 0.349. The Balaban J connectivity index is 1.88. The molecule has 28 heavy (non-hydrogen) atoms. The zero-order chi connectivity index (χ0) is 20.1. The van der Waals surface area contributed by atoms with Crippen molar-refractivity contribution in [3.8, 4) is 17.2 Å². The van der Waals surface area contributed by atoms with Crippen molar-refractivity contribution in [2.24, 2.45) is 0 Å². The minimum Gasteiger partial charge on any atom is -0.501 e. The molecule has 0 radical (unpaired) electrons. The zero-order valence-electron chi connectivity index (χ0n) is 15.5. The van der Waals surface area contributed by atoms with Crippen LogP contribution in [0.2, 0.25) is 0 Å². The Morgan fingerprint density at radius 1 is 1.21 bits per heavy atom. The van der Waals surface area contributed by atoms with Gasteiger partial charge in [-0.25, -0.2) is 4.79 Å². The highest BCUT2D eigenvalue weighted by atomic mass is 16.7. The highest BCUT2D eigenvalue weighted by molar-refractivity contribution is 5.98. The molecule has 0 bridgehead atoms. The second-order valence-corrected chi connectivity index (χ2v) is 5.99. The van der Waals surface area contributed by atoms with Gasteiger partial charge in [0.05, 0.1) is 12.2 Å². The third-order valence-corrected chi connectivity index (χ3v) is 4.01. The molecule has 0 fully saturated rings. The molecule has 0 atom stereocenters. The van der Waals surface area contributed by atoms with Crippen molar-refractivity contribution in [3.05, 3.63) is 63.8 Å². The van der Waals surface area contributed by atoms with Gasteiger partial charge in [-0.3, -0.25) is 0 Å². The van der Waals surface area contributed by atoms with Crippen LogP contribution in [0.1, 0.15) is 23.6 Å². The third-order valence-electron chi connectivity index (χ3n) is 4.01. The van der Waals surface area contributed by atoms with Crippen molar-refractivity contribution in [2.45, 2.75) is 20.5 Å². The number of esters is 1. The maximum atomic E-state index is 11.9. The number of aryl methyl sites for hydroxylation is 1. The third kappa shape index (κ3) is 3.99. The van der Waals surface area contributed by atoms with E-state index in [1.54, 1.807) is 37.3 Å². The molecule has 8 heteroatoms. The van der Waals surface area contributed by atoms with E-state index in [-0.39, 0.29) is 25.6 Å². The van der Waals surface area contributed by atoms with Crippen LogP contribution in [0, 0.1) is 12.3 Å². The normalized spacial score (nSPS) is 12.8. The number of hydrogen-bond donors (Lipinski definition) is 1. The van der Waals surface area contributed by atoms with Gasteiger partial charge in [0.2, 0.25) is 17.9 Å². The molecule has 0 unspecified atom stereocenters. The summed E-state index contributed by atoms with van der Waals surface area (Å²) in [6.45, 7) is 3.87. The highest BCUT2D eigenvalue weighted by Gasteiger charge is 2.33. The summed E-state index contributed by atoms with van der Waals surface area (Å²) >= 11 is 0. The van der Waals surface area contributed by atoms with Crippen molar-refractivity contribution >= 4 is 11.7 Å². The van der Waals surface area contributed by atoms with Crippen molar-refractivity contribution in [1.29, 1.82) is 5.39 Å². The molecule has 3 rings (SSSR count). The van der Waals surface area contributed by atoms with E-state index in [9.17, 15) is 9.90 Å². The van der Waals surface area contributed by atoms with Crippen LogP contribution in [0.5, 0.6) is 17.2 Å². The van der Waals surface area contributed by atoms with Crippen LogP contribution in [0.4, 0.5) is 0 Å². The predicted octanol–water partition coefficient (Wildman–Crippen LogP) is 3.95. The fourth-order valence-corrected chi connectivity index (χ4v) is 2.66. The Labute approximate surface area is 161 Å². The SMILES string of the molecule is CCOC(=O)/C([N+]#N)=C(\O)c1cc(C)ccc1OCc1ccc2c(c1)OCO2. The van der Waals surface area contributed by atoms with Crippen LogP contribution in [0.3, 0.4) is 0 Å². The van der Waals surface area contributed by atoms with Gasteiger partial charge in [0.1, 0.15) is 12.4 Å². The molecular weight excluding hydrogens is 364 g/mol. The molecule has 8 nitrogen and oxygen atoms in total. The first-order valence-electron chi connectivity index (χ1n) is 8.61. The lowest BCUT2D eigenvalue weighted by atomic mass is 10.1. The molecule has 2 aromatic rings. The van der Waals surface area contributed by atoms with Gasteiger partial charge in [0, 0.05) is 0 Å². The second-order valence-electron chi connectivity index (χ2n) is 5.99. The molecular formula is C20H19N2O6+. The van der Waals surface area contributed by atoms with Crippen molar-refractivity contribution < 1.29 is 28.8 Å². The number of nitrogens with zero attached hydrogens (tertiary/aromatic N) is 2. The van der Waals surface area contributed by atoms with E-state index in [1.165, 1.54) is 0 Å². The number of aliphatic hydroxyl groups excluding tert-OH is 1. The minimum absolute atomic E-state index is 0.0758. The van der Waals surface area contributed by atoms with Crippen LogP contribution < -0.4 is 14.2 Å². The Bertz CT molecular complexity index is 977. The largest absolute Gasteiger partial charge is 0.510 e. The minimum atomic E-state index is -0.939. The number of benzene rings is 2. The number of fused-ring (bicyclic) bond motifs is 1. The molecule has 0 aromatic heterocycles. The van der Waals surface area contributed by atoms with E-state index in [0.717, 1.165) is 11.1 Å². The number of carbonyl (C=O) groups excluding carboxylic acids is 1. The highest BCUT2D eigenvalue weighted by Crippen LogP contribution is 2.34. The summed E-state index contributed by atoms with van der Waals surface area (Å²) in [4.78, 5) is 14.8. The molecule has 1 N–H and O–H groups in total. The van der Waals surface area contributed by atoms with E-state index in [4.69, 9.17) is 24.3 Å². The van der Waals surface area contributed by atoms with Gasteiger partial charge in [-0.1, -0.05) is 17.7 Å². The molecule has 2 aromatic carbocycles. The average Bonchev–Trinajstić information content (AvgIpc) is 3.15. The van der Waals surface area contributed by atoms with Crippen molar-refractivity contribution in [1.82, 2.24) is 0 Å². The predicted molar refractivity (Wildman–Crippen MR) is 99.3 cm³/mol. The van der Waals surface area contributed by atoms with Crippen LogP contribution in [-0.2, 0) is 16.1 Å². The number of diazo groups is 1.